The minimum absolute atomic E-state index is 0.0569. The Morgan fingerprint density at radius 1 is 0.773 bits per heavy atom. The van der Waals surface area contributed by atoms with Gasteiger partial charge in [-0.2, -0.15) is 0 Å². The SMILES string of the molecule is [3H]c1nc2c(N)ncnc2n1[C@@H]1O[C@@H]2COP(=O)(O)O[C@H]3[C@@H](F)[C@H](n4c([3H])nc5c(N)ncnc54)O[C@@H]3COP(=O)(O)O[C@H]2[C@H]1F. The number of hydrogen-bond donors (Lipinski definition) is 4. The molecule has 0 saturated carbocycles. The van der Waals surface area contributed by atoms with Gasteiger partial charge in [-0.1, -0.05) is 0 Å². The lowest BCUT2D eigenvalue weighted by atomic mass is 10.1. The number of alkyl halides is 2. The highest BCUT2D eigenvalue weighted by Gasteiger charge is 2.55. The van der Waals surface area contributed by atoms with Crippen LogP contribution < -0.4 is 11.5 Å². The third kappa shape index (κ3) is 5.02. The lowest BCUT2D eigenvalue weighted by Crippen LogP contribution is -2.37. The summed E-state index contributed by atoms with van der Waals surface area (Å²) in [6.45, 7) is -1.99. The number of ether oxygens (including phenoxy) is 2. The first-order valence-corrected chi connectivity index (χ1v) is 15.5. The summed E-state index contributed by atoms with van der Waals surface area (Å²) in [6, 6.07) is 0. The zero-order valence-electron chi connectivity index (χ0n) is 23.7. The molecule has 2 unspecified atom stereocenters. The van der Waals surface area contributed by atoms with Crippen molar-refractivity contribution in [3.63, 3.8) is 0 Å². The molecule has 3 aliphatic rings. The van der Waals surface area contributed by atoms with Gasteiger partial charge in [0, 0.05) is 0 Å². The first-order chi connectivity index (χ1) is 21.7. The zero-order valence-corrected chi connectivity index (χ0v) is 23.5. The lowest BCUT2D eigenvalue weighted by Gasteiger charge is -2.27. The van der Waals surface area contributed by atoms with Crippen LogP contribution in [-0.2, 0) is 36.7 Å². The summed E-state index contributed by atoms with van der Waals surface area (Å²) >= 11 is 0. The fraction of sp³-hybridized carbons (Fsp3) is 0.500. The molecule has 4 aromatic rings. The van der Waals surface area contributed by atoms with E-state index in [9.17, 15) is 18.9 Å². The number of aromatic nitrogens is 8. The van der Waals surface area contributed by atoms with Gasteiger partial charge in [-0.15, -0.1) is 0 Å². The molecule has 0 aromatic carbocycles. The molecule has 0 aliphatic carbocycles. The molecule has 0 radical (unpaired) electrons. The van der Waals surface area contributed by atoms with Crippen molar-refractivity contribution >= 4 is 49.6 Å². The van der Waals surface area contributed by atoms with Crippen molar-refractivity contribution in [1.82, 2.24) is 39.0 Å². The van der Waals surface area contributed by atoms with Crippen molar-refractivity contribution < 1.29 is 58.0 Å². The van der Waals surface area contributed by atoms with E-state index in [4.69, 9.17) is 41.8 Å². The average Bonchev–Trinajstić information content (AvgIpc) is 3.68. The van der Waals surface area contributed by atoms with Gasteiger partial charge in [0.2, 0.25) is 0 Å². The molecule has 236 valence electrons. The highest BCUT2D eigenvalue weighted by Crippen LogP contribution is 2.54. The number of anilines is 2. The first-order valence-electron chi connectivity index (χ1n) is 13.5. The summed E-state index contributed by atoms with van der Waals surface area (Å²) in [6.07, 6.45) is -14.7. The minimum Gasteiger partial charge on any atom is -0.382 e. The molecule has 3 saturated heterocycles. The fourth-order valence-corrected chi connectivity index (χ4v) is 6.93. The van der Waals surface area contributed by atoms with Crippen molar-refractivity contribution in [3.05, 3.63) is 25.3 Å². The van der Waals surface area contributed by atoms with Crippen LogP contribution in [0.2, 0.25) is 0 Å². The van der Waals surface area contributed by atoms with Crippen LogP contribution in [0.15, 0.2) is 25.3 Å². The maximum Gasteiger partial charge on any atom is 0.472 e. The van der Waals surface area contributed by atoms with Gasteiger partial charge in [0.25, 0.3) is 0 Å². The molecule has 7 heterocycles. The Balaban J connectivity index is 1.18. The van der Waals surface area contributed by atoms with Crippen molar-refractivity contribution in [3.8, 4) is 0 Å². The third-order valence-corrected chi connectivity index (χ3v) is 8.98. The van der Waals surface area contributed by atoms with E-state index < -0.39 is 90.7 Å². The maximum absolute atomic E-state index is 15.9. The van der Waals surface area contributed by atoms with E-state index in [1.54, 1.807) is 0 Å². The number of fused-ring (bicyclic) bond motifs is 4. The molecule has 3 aliphatic heterocycles. The van der Waals surface area contributed by atoms with Crippen molar-refractivity contribution in [2.75, 3.05) is 24.7 Å². The van der Waals surface area contributed by atoms with Crippen LogP contribution >= 0.6 is 15.6 Å². The summed E-state index contributed by atoms with van der Waals surface area (Å²) in [4.78, 5) is 44.3. The molecule has 10 atom stereocenters. The minimum atomic E-state index is -5.23. The topological polar surface area (TPSA) is 269 Å². The highest BCUT2D eigenvalue weighted by molar-refractivity contribution is 7.47. The number of halogens is 2. The van der Waals surface area contributed by atoms with E-state index in [0.717, 1.165) is 21.8 Å². The van der Waals surface area contributed by atoms with E-state index in [0.29, 0.717) is 0 Å². The van der Waals surface area contributed by atoms with Gasteiger partial charge in [-0.05, 0) is 0 Å². The van der Waals surface area contributed by atoms with Crippen molar-refractivity contribution in [2.45, 2.75) is 49.2 Å². The summed E-state index contributed by atoms with van der Waals surface area (Å²) in [5.74, 6) is -0.246. The van der Waals surface area contributed by atoms with Crippen LogP contribution in [0.25, 0.3) is 22.3 Å². The second kappa shape index (κ2) is 10.7. The Kier molecular flexibility index (Phi) is 6.55. The van der Waals surface area contributed by atoms with Gasteiger partial charge in [-0.25, -0.2) is 47.8 Å². The standard InChI is InChI=1S/C20H22F2N10O10P2/c21-9-13-7(39-19(9)31-5-29-11-15(23)25-3-27-17(11)31)1-37-43(33,34)42-14-8(2-38-44(35,36)41-13)40-20(10(14)22)32-6-30-12-16(24)26-4-28-18(12)32/h3-10,13-14,19-20H,1-2H2,(H,33,34)(H,35,36)(H2,23,25,27)(H2,24,26,28)/t7-,8-,9-,10-,13-,14-,19-,20-/m1/s1/i5T,6T. The molecular weight excluding hydrogens is 640 g/mol. The summed E-state index contributed by atoms with van der Waals surface area (Å²) in [7, 11) is -10.5. The van der Waals surface area contributed by atoms with Crippen LogP contribution in [-0.4, -0.2) is 98.8 Å². The Labute approximate surface area is 246 Å². The van der Waals surface area contributed by atoms with Crippen LogP contribution in [0.5, 0.6) is 0 Å². The number of phosphoric acid groups is 2. The van der Waals surface area contributed by atoms with Crippen LogP contribution in [0.3, 0.4) is 0 Å². The van der Waals surface area contributed by atoms with E-state index in [1.807, 2.05) is 0 Å². The molecule has 0 bridgehead atoms. The largest absolute Gasteiger partial charge is 0.472 e. The summed E-state index contributed by atoms with van der Waals surface area (Å²) < 4.78 is 108. The van der Waals surface area contributed by atoms with Gasteiger partial charge in [0.15, 0.2) is 47.7 Å². The van der Waals surface area contributed by atoms with Gasteiger partial charge in [0.05, 0.1) is 25.8 Å². The number of phosphoric ester groups is 2. The molecule has 24 heteroatoms. The van der Waals surface area contributed by atoms with Crippen LogP contribution in [0.1, 0.15) is 15.2 Å². The number of nitrogen functional groups attached to an aromatic ring is 2. The summed E-state index contributed by atoms with van der Waals surface area (Å²) in [5.41, 5.74) is 11.2. The molecule has 7 rings (SSSR count). The predicted octanol–water partition coefficient (Wildman–Crippen LogP) is 0.320. The lowest BCUT2D eigenvalue weighted by molar-refractivity contribution is -0.0662. The molecule has 20 nitrogen and oxygen atoms in total. The monoisotopic (exact) mass is 666 g/mol. The molecule has 44 heavy (non-hydrogen) atoms. The smallest absolute Gasteiger partial charge is 0.382 e. The number of rotatable bonds is 2. The second-order valence-electron chi connectivity index (χ2n) is 9.71. The van der Waals surface area contributed by atoms with E-state index >= 15 is 8.78 Å². The first kappa shape index (κ1) is 27.0. The Morgan fingerprint density at radius 3 is 1.59 bits per heavy atom. The van der Waals surface area contributed by atoms with Gasteiger partial charge in [-0.3, -0.25) is 27.2 Å². The number of nitrogens with two attached hydrogens (primary N) is 2. The Bertz CT molecular complexity index is 1810. The van der Waals surface area contributed by atoms with Crippen molar-refractivity contribution in [2.24, 2.45) is 0 Å². The van der Waals surface area contributed by atoms with Crippen LogP contribution in [0.4, 0.5) is 20.4 Å². The van der Waals surface area contributed by atoms with Gasteiger partial charge < -0.3 is 30.7 Å². The maximum atomic E-state index is 15.9. The second-order valence-corrected chi connectivity index (χ2v) is 12.5. The average molecular weight is 666 g/mol. The fourth-order valence-electron chi connectivity index (χ4n) is 5.02. The highest BCUT2D eigenvalue weighted by atomic mass is 31.2. The van der Waals surface area contributed by atoms with Gasteiger partial charge >= 0.3 is 15.6 Å². The zero-order chi connectivity index (χ0) is 32.7. The van der Waals surface area contributed by atoms with Gasteiger partial charge in [0.1, 0.15) is 50.8 Å². The number of nitrogens with zero attached hydrogens (tertiary/aromatic N) is 8. The molecule has 0 spiro atoms. The number of hydrogen-bond acceptors (Lipinski definition) is 16. The number of imidazole rings is 2. The Hall–Kier alpha value is -3.30. The Morgan fingerprint density at radius 2 is 1.18 bits per heavy atom. The molecule has 6 N–H and O–H groups in total. The van der Waals surface area contributed by atoms with E-state index in [2.05, 4.69) is 29.9 Å². The molecule has 3 fully saturated rings. The van der Waals surface area contributed by atoms with Crippen LogP contribution in [0, 0.1) is 0 Å². The third-order valence-electron chi connectivity index (χ3n) is 7.01. The molecule has 0 amide bonds. The molecule has 4 aromatic heterocycles. The normalized spacial score (nSPS) is 38.9. The molecular formula is C20H22F2N10O10P2. The van der Waals surface area contributed by atoms with Crippen molar-refractivity contribution in [1.29, 1.82) is 0 Å². The van der Waals surface area contributed by atoms with E-state index in [-0.39, 0.29) is 34.0 Å². The quantitative estimate of drug-likeness (QED) is 0.210. The summed E-state index contributed by atoms with van der Waals surface area (Å²) in [5, 5.41) is 0. The predicted molar refractivity (Wildman–Crippen MR) is 138 cm³/mol. The van der Waals surface area contributed by atoms with E-state index in [1.165, 1.54) is 0 Å².